The molecule has 0 fully saturated rings. The number of carbonyl (C=O) groups excluding carboxylic acids is 2. The SMILES string of the molecule is COc1cc(NC(=O)c2cccc(Cl)c2Cl)ccc1NC(=O)C(C)C. The van der Waals surface area contributed by atoms with Crippen molar-refractivity contribution in [3.63, 3.8) is 0 Å². The Morgan fingerprint density at radius 1 is 1.08 bits per heavy atom. The minimum absolute atomic E-state index is 0.124. The van der Waals surface area contributed by atoms with E-state index in [0.717, 1.165) is 0 Å². The van der Waals surface area contributed by atoms with Gasteiger partial charge in [0.05, 0.1) is 28.4 Å². The van der Waals surface area contributed by atoms with Gasteiger partial charge in [-0.25, -0.2) is 0 Å². The first kappa shape index (κ1) is 19.1. The van der Waals surface area contributed by atoms with E-state index >= 15 is 0 Å². The van der Waals surface area contributed by atoms with Gasteiger partial charge in [-0.1, -0.05) is 43.1 Å². The van der Waals surface area contributed by atoms with Crippen LogP contribution in [0, 0.1) is 5.92 Å². The van der Waals surface area contributed by atoms with Crippen LogP contribution in [0.25, 0.3) is 0 Å². The van der Waals surface area contributed by atoms with E-state index in [1.54, 1.807) is 50.2 Å². The summed E-state index contributed by atoms with van der Waals surface area (Å²) in [5.41, 5.74) is 1.30. The number of nitrogens with one attached hydrogen (secondary N) is 2. The Balaban J connectivity index is 2.21. The van der Waals surface area contributed by atoms with Crippen molar-refractivity contribution in [3.8, 4) is 5.75 Å². The van der Waals surface area contributed by atoms with Crippen molar-refractivity contribution in [1.29, 1.82) is 0 Å². The molecule has 2 amide bonds. The predicted molar refractivity (Wildman–Crippen MR) is 101 cm³/mol. The molecule has 0 aliphatic heterocycles. The lowest BCUT2D eigenvalue weighted by atomic mass is 10.1. The molecule has 5 nitrogen and oxygen atoms in total. The summed E-state index contributed by atoms with van der Waals surface area (Å²) in [6, 6.07) is 9.78. The van der Waals surface area contributed by atoms with Gasteiger partial charge in [0.2, 0.25) is 5.91 Å². The number of ether oxygens (including phenoxy) is 1. The Hall–Kier alpha value is -2.24. The molecule has 0 bridgehead atoms. The van der Waals surface area contributed by atoms with Crippen molar-refractivity contribution in [2.24, 2.45) is 5.92 Å². The standard InChI is InChI=1S/C18H18Cl2N2O3/c1-10(2)17(23)22-14-8-7-11(9-15(14)25-3)21-18(24)12-5-4-6-13(19)16(12)20/h4-10H,1-3H3,(H,21,24)(H,22,23). The zero-order chi connectivity index (χ0) is 18.6. The molecule has 25 heavy (non-hydrogen) atoms. The normalized spacial score (nSPS) is 10.5. The number of hydrogen-bond acceptors (Lipinski definition) is 3. The average molecular weight is 381 g/mol. The van der Waals surface area contributed by atoms with Crippen LogP contribution in [-0.4, -0.2) is 18.9 Å². The van der Waals surface area contributed by atoms with Gasteiger partial charge in [0, 0.05) is 17.7 Å². The molecule has 0 saturated heterocycles. The minimum atomic E-state index is -0.395. The second-order valence-electron chi connectivity index (χ2n) is 5.61. The maximum absolute atomic E-state index is 12.4. The Kier molecular flexibility index (Phi) is 6.28. The Bertz CT molecular complexity index is 807. The van der Waals surface area contributed by atoms with Gasteiger partial charge in [-0.05, 0) is 24.3 Å². The highest BCUT2D eigenvalue weighted by atomic mass is 35.5. The van der Waals surface area contributed by atoms with Crippen LogP contribution in [-0.2, 0) is 4.79 Å². The molecule has 132 valence electrons. The van der Waals surface area contributed by atoms with Crippen molar-refractivity contribution < 1.29 is 14.3 Å². The highest BCUT2D eigenvalue weighted by Gasteiger charge is 2.15. The maximum atomic E-state index is 12.4. The van der Waals surface area contributed by atoms with Crippen molar-refractivity contribution in [2.45, 2.75) is 13.8 Å². The van der Waals surface area contributed by atoms with Gasteiger partial charge >= 0.3 is 0 Å². The van der Waals surface area contributed by atoms with E-state index in [0.29, 0.717) is 22.1 Å². The minimum Gasteiger partial charge on any atom is -0.494 e. The van der Waals surface area contributed by atoms with Gasteiger partial charge in [0.15, 0.2) is 0 Å². The first-order chi connectivity index (χ1) is 11.8. The number of benzene rings is 2. The first-order valence-electron chi connectivity index (χ1n) is 7.57. The molecule has 0 aliphatic rings. The van der Waals surface area contributed by atoms with Gasteiger partial charge < -0.3 is 15.4 Å². The number of rotatable bonds is 5. The van der Waals surface area contributed by atoms with Crippen LogP contribution in [0.1, 0.15) is 24.2 Å². The molecule has 0 saturated carbocycles. The lowest BCUT2D eigenvalue weighted by molar-refractivity contribution is -0.118. The summed E-state index contributed by atoms with van der Waals surface area (Å²) in [7, 11) is 1.49. The molecule has 0 aliphatic carbocycles. The summed E-state index contributed by atoms with van der Waals surface area (Å²) in [6.45, 7) is 3.59. The monoisotopic (exact) mass is 380 g/mol. The van der Waals surface area contributed by atoms with E-state index < -0.39 is 5.91 Å². The predicted octanol–water partition coefficient (Wildman–Crippen LogP) is 4.85. The maximum Gasteiger partial charge on any atom is 0.257 e. The lowest BCUT2D eigenvalue weighted by Crippen LogP contribution is -2.18. The molecule has 0 spiro atoms. The van der Waals surface area contributed by atoms with Gasteiger partial charge in [0.25, 0.3) is 5.91 Å². The van der Waals surface area contributed by atoms with Gasteiger partial charge in [-0.3, -0.25) is 9.59 Å². The van der Waals surface area contributed by atoms with E-state index in [1.165, 1.54) is 7.11 Å². The van der Waals surface area contributed by atoms with E-state index in [4.69, 9.17) is 27.9 Å². The molecule has 0 heterocycles. The van der Waals surface area contributed by atoms with Crippen LogP contribution in [0.4, 0.5) is 11.4 Å². The van der Waals surface area contributed by atoms with E-state index in [2.05, 4.69) is 10.6 Å². The largest absolute Gasteiger partial charge is 0.494 e. The summed E-state index contributed by atoms with van der Waals surface area (Å²) in [5.74, 6) is -0.243. The molecule has 0 aromatic heterocycles. The smallest absolute Gasteiger partial charge is 0.257 e. The van der Waals surface area contributed by atoms with Crippen molar-refractivity contribution in [1.82, 2.24) is 0 Å². The van der Waals surface area contributed by atoms with Crippen LogP contribution in [0.5, 0.6) is 5.75 Å². The van der Waals surface area contributed by atoms with Crippen LogP contribution >= 0.6 is 23.2 Å². The third kappa shape index (κ3) is 4.65. The third-order valence-corrected chi connectivity index (χ3v) is 4.26. The third-order valence-electron chi connectivity index (χ3n) is 3.44. The highest BCUT2D eigenvalue weighted by Crippen LogP contribution is 2.30. The molecular formula is C18H18Cl2N2O3. The van der Waals surface area contributed by atoms with Gasteiger partial charge in [-0.15, -0.1) is 0 Å². The second kappa shape index (κ2) is 8.23. The fraction of sp³-hybridized carbons (Fsp3) is 0.222. The summed E-state index contributed by atoms with van der Waals surface area (Å²) in [4.78, 5) is 24.2. The quantitative estimate of drug-likeness (QED) is 0.778. The van der Waals surface area contributed by atoms with Gasteiger partial charge in [0.1, 0.15) is 5.75 Å². The average Bonchev–Trinajstić information content (AvgIpc) is 2.58. The van der Waals surface area contributed by atoms with Crippen LogP contribution < -0.4 is 15.4 Å². The fourth-order valence-electron chi connectivity index (χ4n) is 2.03. The summed E-state index contributed by atoms with van der Waals surface area (Å²) < 4.78 is 5.28. The zero-order valence-electron chi connectivity index (χ0n) is 14.0. The van der Waals surface area contributed by atoms with Crippen molar-refractivity contribution in [3.05, 3.63) is 52.0 Å². The second-order valence-corrected chi connectivity index (χ2v) is 6.40. The van der Waals surface area contributed by atoms with E-state index in [-0.39, 0.29) is 22.4 Å². The zero-order valence-corrected chi connectivity index (χ0v) is 15.5. The first-order valence-corrected chi connectivity index (χ1v) is 8.33. The van der Waals surface area contributed by atoms with Crippen LogP contribution in [0.3, 0.4) is 0 Å². The molecule has 2 N–H and O–H groups in total. The summed E-state index contributed by atoms with van der Waals surface area (Å²) in [5, 5.41) is 6.00. The molecular weight excluding hydrogens is 363 g/mol. The molecule has 2 rings (SSSR count). The number of hydrogen-bond donors (Lipinski definition) is 2. The van der Waals surface area contributed by atoms with Crippen LogP contribution in [0.2, 0.25) is 10.0 Å². The van der Waals surface area contributed by atoms with E-state index in [1.807, 2.05) is 0 Å². The number of methoxy groups -OCH3 is 1. The van der Waals surface area contributed by atoms with E-state index in [9.17, 15) is 9.59 Å². The topological polar surface area (TPSA) is 67.4 Å². The van der Waals surface area contributed by atoms with Crippen molar-refractivity contribution in [2.75, 3.05) is 17.7 Å². The molecule has 0 atom stereocenters. The van der Waals surface area contributed by atoms with Crippen molar-refractivity contribution >= 4 is 46.4 Å². The summed E-state index contributed by atoms with van der Waals surface area (Å²) >= 11 is 12.0. The number of carbonyl (C=O) groups is 2. The lowest BCUT2D eigenvalue weighted by Gasteiger charge is -2.14. The Morgan fingerprint density at radius 3 is 2.44 bits per heavy atom. The molecule has 2 aromatic rings. The number of anilines is 2. The molecule has 2 aromatic carbocycles. The summed E-state index contributed by atoms with van der Waals surface area (Å²) in [6.07, 6.45) is 0. The Morgan fingerprint density at radius 2 is 1.80 bits per heavy atom. The number of amides is 2. The highest BCUT2D eigenvalue weighted by molar-refractivity contribution is 6.44. The Labute approximate surface area is 156 Å². The number of halogens is 2. The fourth-order valence-corrected chi connectivity index (χ4v) is 2.41. The van der Waals surface area contributed by atoms with Crippen LogP contribution in [0.15, 0.2) is 36.4 Å². The van der Waals surface area contributed by atoms with Gasteiger partial charge in [-0.2, -0.15) is 0 Å². The molecule has 0 unspecified atom stereocenters. The molecule has 0 radical (unpaired) electrons. The molecule has 7 heteroatoms.